The molecule has 0 fully saturated rings. The first-order chi connectivity index (χ1) is 7.27. The molecular weight excluding hydrogens is 186 g/mol. The van der Waals surface area contributed by atoms with Crippen molar-refractivity contribution in [3.8, 4) is 0 Å². The fraction of sp³-hybridized carbons (Fsp3) is 0.308. The topological polar surface area (TPSA) is 20.3 Å². The molecule has 0 bridgehead atoms. The first-order valence-corrected chi connectivity index (χ1v) is 5.28. The van der Waals surface area contributed by atoms with Crippen LogP contribution in [-0.2, 0) is 0 Å². The standard InChI is InChI=1S/C13H15NO/c1-11(15)12-5-7-13(8-6-12)14-9-3-2-4-10-14/h2-3,5-8H,4,9-10H2,1H3. The molecule has 1 heterocycles. The molecule has 2 rings (SSSR count). The fourth-order valence-corrected chi connectivity index (χ4v) is 1.78. The van der Waals surface area contributed by atoms with Crippen LogP contribution in [0.3, 0.4) is 0 Å². The molecule has 1 aromatic rings. The fourth-order valence-electron chi connectivity index (χ4n) is 1.78. The number of hydrogen-bond donors (Lipinski definition) is 0. The largest absolute Gasteiger partial charge is 0.368 e. The van der Waals surface area contributed by atoms with Gasteiger partial charge in [-0.15, -0.1) is 0 Å². The van der Waals surface area contributed by atoms with Crippen LogP contribution < -0.4 is 4.90 Å². The second kappa shape index (κ2) is 4.30. The van der Waals surface area contributed by atoms with E-state index in [-0.39, 0.29) is 5.78 Å². The SMILES string of the molecule is CC(=O)c1ccc(N2CC=CCC2)cc1. The Morgan fingerprint density at radius 3 is 2.47 bits per heavy atom. The van der Waals surface area contributed by atoms with Crippen molar-refractivity contribution in [2.75, 3.05) is 18.0 Å². The third-order valence-electron chi connectivity index (χ3n) is 2.70. The Balaban J connectivity index is 2.16. The molecule has 78 valence electrons. The number of benzene rings is 1. The predicted molar refractivity (Wildman–Crippen MR) is 62.4 cm³/mol. The van der Waals surface area contributed by atoms with Gasteiger partial charge in [-0.3, -0.25) is 4.79 Å². The summed E-state index contributed by atoms with van der Waals surface area (Å²) in [6, 6.07) is 7.85. The minimum atomic E-state index is 0.125. The molecule has 15 heavy (non-hydrogen) atoms. The van der Waals surface area contributed by atoms with E-state index < -0.39 is 0 Å². The average Bonchev–Trinajstić information content (AvgIpc) is 2.30. The van der Waals surface area contributed by atoms with Crippen molar-refractivity contribution < 1.29 is 4.79 Å². The van der Waals surface area contributed by atoms with E-state index in [2.05, 4.69) is 17.1 Å². The van der Waals surface area contributed by atoms with Crippen molar-refractivity contribution in [2.24, 2.45) is 0 Å². The molecule has 1 aliphatic rings. The smallest absolute Gasteiger partial charge is 0.159 e. The summed E-state index contributed by atoms with van der Waals surface area (Å²) >= 11 is 0. The van der Waals surface area contributed by atoms with E-state index >= 15 is 0 Å². The van der Waals surface area contributed by atoms with Gasteiger partial charge in [0.05, 0.1) is 0 Å². The Kier molecular flexibility index (Phi) is 2.86. The van der Waals surface area contributed by atoms with E-state index in [0.29, 0.717) is 0 Å². The monoisotopic (exact) mass is 201 g/mol. The van der Waals surface area contributed by atoms with Crippen LogP contribution >= 0.6 is 0 Å². The van der Waals surface area contributed by atoms with Crippen LogP contribution in [0.2, 0.25) is 0 Å². The van der Waals surface area contributed by atoms with Gasteiger partial charge in [-0.25, -0.2) is 0 Å². The third kappa shape index (κ3) is 2.27. The summed E-state index contributed by atoms with van der Waals surface area (Å²) in [5, 5.41) is 0. The Morgan fingerprint density at radius 1 is 1.20 bits per heavy atom. The predicted octanol–water partition coefficient (Wildman–Crippen LogP) is 2.66. The molecule has 1 aliphatic heterocycles. The zero-order chi connectivity index (χ0) is 10.7. The lowest BCUT2D eigenvalue weighted by Gasteiger charge is -2.25. The second-order valence-corrected chi connectivity index (χ2v) is 3.81. The first-order valence-electron chi connectivity index (χ1n) is 5.28. The lowest BCUT2D eigenvalue weighted by molar-refractivity contribution is 0.101. The summed E-state index contributed by atoms with van der Waals surface area (Å²) in [6.45, 7) is 3.63. The zero-order valence-corrected chi connectivity index (χ0v) is 8.94. The number of hydrogen-bond acceptors (Lipinski definition) is 2. The number of ketones is 1. The van der Waals surface area contributed by atoms with E-state index in [1.165, 1.54) is 5.69 Å². The highest BCUT2D eigenvalue weighted by atomic mass is 16.1. The molecule has 0 spiro atoms. The molecule has 0 aliphatic carbocycles. The van der Waals surface area contributed by atoms with Gasteiger partial charge in [0.15, 0.2) is 5.78 Å². The number of anilines is 1. The molecule has 0 aromatic heterocycles. The molecule has 0 radical (unpaired) electrons. The number of carbonyl (C=O) groups is 1. The van der Waals surface area contributed by atoms with Crippen LogP contribution in [0.1, 0.15) is 23.7 Å². The Bertz CT molecular complexity index is 378. The van der Waals surface area contributed by atoms with Crippen LogP contribution in [0.25, 0.3) is 0 Å². The molecule has 0 atom stereocenters. The van der Waals surface area contributed by atoms with E-state index in [1.807, 2.05) is 24.3 Å². The average molecular weight is 201 g/mol. The van der Waals surface area contributed by atoms with Gasteiger partial charge in [-0.2, -0.15) is 0 Å². The molecular formula is C13H15NO. The van der Waals surface area contributed by atoms with Crippen molar-refractivity contribution in [3.05, 3.63) is 42.0 Å². The van der Waals surface area contributed by atoms with E-state index in [9.17, 15) is 4.79 Å². The van der Waals surface area contributed by atoms with Crippen LogP contribution in [-0.4, -0.2) is 18.9 Å². The highest BCUT2D eigenvalue weighted by Gasteiger charge is 2.07. The maximum absolute atomic E-state index is 11.1. The lowest BCUT2D eigenvalue weighted by Crippen LogP contribution is -2.26. The highest BCUT2D eigenvalue weighted by molar-refractivity contribution is 5.94. The normalized spacial score (nSPS) is 15.4. The van der Waals surface area contributed by atoms with E-state index in [1.54, 1.807) is 6.92 Å². The molecule has 0 saturated carbocycles. The minimum absolute atomic E-state index is 0.125. The number of carbonyl (C=O) groups excluding carboxylic acids is 1. The van der Waals surface area contributed by atoms with Gasteiger partial charge < -0.3 is 4.90 Å². The molecule has 2 nitrogen and oxygen atoms in total. The van der Waals surface area contributed by atoms with Crippen molar-refractivity contribution >= 4 is 11.5 Å². The maximum atomic E-state index is 11.1. The van der Waals surface area contributed by atoms with Gasteiger partial charge in [0.1, 0.15) is 0 Å². The lowest BCUT2D eigenvalue weighted by atomic mass is 10.1. The van der Waals surface area contributed by atoms with Crippen molar-refractivity contribution in [3.63, 3.8) is 0 Å². The van der Waals surface area contributed by atoms with Gasteiger partial charge in [0.25, 0.3) is 0 Å². The minimum Gasteiger partial charge on any atom is -0.368 e. The molecule has 0 unspecified atom stereocenters. The Labute approximate surface area is 90.2 Å². The second-order valence-electron chi connectivity index (χ2n) is 3.81. The van der Waals surface area contributed by atoms with Crippen molar-refractivity contribution in [2.45, 2.75) is 13.3 Å². The Morgan fingerprint density at radius 2 is 1.93 bits per heavy atom. The molecule has 0 saturated heterocycles. The van der Waals surface area contributed by atoms with Gasteiger partial charge in [-0.05, 0) is 37.6 Å². The first kappa shape index (κ1) is 9.97. The summed E-state index contributed by atoms with van der Waals surface area (Å²) < 4.78 is 0. The van der Waals surface area contributed by atoms with Gasteiger partial charge in [0, 0.05) is 24.3 Å². The Hall–Kier alpha value is -1.57. The molecule has 0 N–H and O–H groups in total. The summed E-state index contributed by atoms with van der Waals surface area (Å²) in [4.78, 5) is 13.4. The van der Waals surface area contributed by atoms with Crippen LogP contribution in [0.15, 0.2) is 36.4 Å². The summed E-state index contributed by atoms with van der Waals surface area (Å²) in [6.07, 6.45) is 5.50. The zero-order valence-electron chi connectivity index (χ0n) is 8.94. The van der Waals surface area contributed by atoms with Gasteiger partial charge >= 0.3 is 0 Å². The van der Waals surface area contributed by atoms with Crippen LogP contribution in [0.5, 0.6) is 0 Å². The summed E-state index contributed by atoms with van der Waals surface area (Å²) in [5.74, 6) is 0.125. The van der Waals surface area contributed by atoms with Gasteiger partial charge in [-0.1, -0.05) is 12.2 Å². The summed E-state index contributed by atoms with van der Waals surface area (Å²) in [7, 11) is 0. The number of nitrogens with zero attached hydrogens (tertiary/aromatic N) is 1. The maximum Gasteiger partial charge on any atom is 0.159 e. The van der Waals surface area contributed by atoms with Crippen molar-refractivity contribution in [1.82, 2.24) is 0 Å². The quantitative estimate of drug-likeness (QED) is 0.541. The molecule has 1 aromatic carbocycles. The summed E-state index contributed by atoms with van der Waals surface area (Å²) in [5.41, 5.74) is 1.98. The highest BCUT2D eigenvalue weighted by Crippen LogP contribution is 2.17. The van der Waals surface area contributed by atoms with E-state index in [0.717, 1.165) is 25.1 Å². The van der Waals surface area contributed by atoms with E-state index in [4.69, 9.17) is 0 Å². The molecule has 0 amide bonds. The third-order valence-corrected chi connectivity index (χ3v) is 2.70. The van der Waals surface area contributed by atoms with Crippen LogP contribution in [0.4, 0.5) is 5.69 Å². The molecule has 2 heteroatoms. The van der Waals surface area contributed by atoms with Crippen LogP contribution in [0, 0.1) is 0 Å². The number of rotatable bonds is 2. The number of Topliss-reactive ketones (excluding diaryl/α,β-unsaturated/α-hetero) is 1. The van der Waals surface area contributed by atoms with Gasteiger partial charge in [0.2, 0.25) is 0 Å². The van der Waals surface area contributed by atoms with Crippen molar-refractivity contribution in [1.29, 1.82) is 0 Å².